The molecule has 0 saturated heterocycles. The summed E-state index contributed by atoms with van der Waals surface area (Å²) in [6.07, 6.45) is 4.41. The molecule has 5 nitrogen and oxygen atoms in total. The summed E-state index contributed by atoms with van der Waals surface area (Å²) < 4.78 is 1.82. The Kier molecular flexibility index (Phi) is 4.41. The number of aryl methyl sites for hydroxylation is 1. The molecule has 19 heavy (non-hydrogen) atoms. The molecular weight excluding hydrogens is 264 g/mol. The summed E-state index contributed by atoms with van der Waals surface area (Å²) in [5.41, 5.74) is 6.47. The van der Waals surface area contributed by atoms with Crippen molar-refractivity contribution >= 4 is 23.2 Å². The first-order valence-corrected chi connectivity index (χ1v) is 6.36. The molecule has 6 heteroatoms. The fourth-order valence-corrected chi connectivity index (χ4v) is 1.91. The van der Waals surface area contributed by atoms with Crippen LogP contribution in [0, 0.1) is 0 Å². The maximum Gasteiger partial charge on any atom is 0.252 e. The second-order valence-corrected chi connectivity index (χ2v) is 4.47. The van der Waals surface area contributed by atoms with Crippen LogP contribution in [0.4, 0.5) is 5.69 Å². The van der Waals surface area contributed by atoms with E-state index in [1.165, 1.54) is 0 Å². The molecule has 1 amide bonds. The second-order valence-electron chi connectivity index (χ2n) is 4.09. The number of aromatic nitrogens is 2. The van der Waals surface area contributed by atoms with Crippen molar-refractivity contribution in [3.63, 3.8) is 0 Å². The van der Waals surface area contributed by atoms with Crippen LogP contribution < -0.4 is 11.1 Å². The number of nitrogens with zero attached hydrogens (tertiary/aromatic N) is 2. The first-order chi connectivity index (χ1) is 9.18. The predicted molar refractivity (Wildman–Crippen MR) is 75.0 cm³/mol. The minimum absolute atomic E-state index is 0.210. The van der Waals surface area contributed by atoms with Crippen molar-refractivity contribution in [3.05, 3.63) is 47.2 Å². The van der Waals surface area contributed by atoms with E-state index in [1.807, 2.05) is 16.9 Å². The maximum atomic E-state index is 11.9. The van der Waals surface area contributed by atoms with Crippen molar-refractivity contribution in [1.29, 1.82) is 0 Å². The van der Waals surface area contributed by atoms with Crippen LogP contribution in [0.5, 0.6) is 0 Å². The number of carbonyl (C=O) groups excluding carboxylic acids is 1. The summed E-state index contributed by atoms with van der Waals surface area (Å²) in [5.74, 6) is -0.210. The standard InChI is InChI=1S/C13H15ClN4O/c14-12-10(4-1-5-11(12)15)13(19)16-6-2-8-18-9-3-7-17-18/h1,3-5,7,9H,2,6,8,15H2,(H,16,19). The van der Waals surface area contributed by atoms with Crippen LogP contribution in [-0.4, -0.2) is 22.2 Å². The van der Waals surface area contributed by atoms with Gasteiger partial charge in [0.2, 0.25) is 0 Å². The highest BCUT2D eigenvalue weighted by Gasteiger charge is 2.11. The van der Waals surface area contributed by atoms with E-state index in [2.05, 4.69) is 10.4 Å². The van der Waals surface area contributed by atoms with Gasteiger partial charge in [0, 0.05) is 25.5 Å². The van der Waals surface area contributed by atoms with Gasteiger partial charge in [0.25, 0.3) is 5.91 Å². The Labute approximate surface area is 116 Å². The number of rotatable bonds is 5. The van der Waals surface area contributed by atoms with E-state index in [4.69, 9.17) is 17.3 Å². The average Bonchev–Trinajstić information content (AvgIpc) is 2.91. The third kappa shape index (κ3) is 3.48. The minimum Gasteiger partial charge on any atom is -0.398 e. The fourth-order valence-electron chi connectivity index (χ4n) is 1.70. The molecule has 0 aliphatic rings. The third-order valence-corrected chi connectivity index (χ3v) is 3.10. The number of nitrogen functional groups attached to an aromatic ring is 1. The molecule has 0 radical (unpaired) electrons. The Morgan fingerprint density at radius 2 is 2.26 bits per heavy atom. The minimum atomic E-state index is -0.210. The Bertz CT molecular complexity index is 554. The fraction of sp³-hybridized carbons (Fsp3) is 0.231. The molecule has 0 aliphatic carbocycles. The van der Waals surface area contributed by atoms with Crippen LogP contribution >= 0.6 is 11.6 Å². The number of hydrogen-bond donors (Lipinski definition) is 2. The summed E-state index contributed by atoms with van der Waals surface area (Å²) in [6, 6.07) is 6.89. The van der Waals surface area contributed by atoms with Gasteiger partial charge in [0.15, 0.2) is 0 Å². The van der Waals surface area contributed by atoms with Gasteiger partial charge in [0.1, 0.15) is 0 Å². The zero-order valence-electron chi connectivity index (χ0n) is 10.3. The number of nitrogens with one attached hydrogen (secondary N) is 1. The molecule has 0 bridgehead atoms. The average molecular weight is 279 g/mol. The van der Waals surface area contributed by atoms with E-state index in [0.717, 1.165) is 13.0 Å². The van der Waals surface area contributed by atoms with Gasteiger partial charge in [-0.3, -0.25) is 9.48 Å². The van der Waals surface area contributed by atoms with Crippen LogP contribution in [0.2, 0.25) is 5.02 Å². The van der Waals surface area contributed by atoms with Crippen molar-refractivity contribution in [3.8, 4) is 0 Å². The van der Waals surface area contributed by atoms with Gasteiger partial charge in [-0.25, -0.2) is 0 Å². The molecule has 2 rings (SSSR count). The van der Waals surface area contributed by atoms with E-state index in [9.17, 15) is 4.79 Å². The van der Waals surface area contributed by atoms with Crippen molar-refractivity contribution in [2.24, 2.45) is 0 Å². The quantitative estimate of drug-likeness (QED) is 0.648. The molecular formula is C13H15ClN4O. The van der Waals surface area contributed by atoms with Crippen LogP contribution in [0.25, 0.3) is 0 Å². The summed E-state index contributed by atoms with van der Waals surface area (Å²) in [6.45, 7) is 1.32. The highest BCUT2D eigenvalue weighted by atomic mass is 35.5. The first-order valence-electron chi connectivity index (χ1n) is 5.98. The van der Waals surface area contributed by atoms with Crippen molar-refractivity contribution in [2.45, 2.75) is 13.0 Å². The Morgan fingerprint density at radius 1 is 1.42 bits per heavy atom. The molecule has 1 aromatic heterocycles. The second kappa shape index (κ2) is 6.24. The van der Waals surface area contributed by atoms with Gasteiger partial charge < -0.3 is 11.1 Å². The zero-order chi connectivity index (χ0) is 13.7. The number of hydrogen-bond acceptors (Lipinski definition) is 3. The Hall–Kier alpha value is -2.01. The third-order valence-electron chi connectivity index (χ3n) is 2.68. The molecule has 0 unspecified atom stereocenters. The molecule has 3 N–H and O–H groups in total. The van der Waals surface area contributed by atoms with Gasteiger partial charge in [-0.2, -0.15) is 5.10 Å². The molecule has 1 heterocycles. The number of amides is 1. The number of benzene rings is 1. The van der Waals surface area contributed by atoms with E-state index in [-0.39, 0.29) is 5.91 Å². The zero-order valence-corrected chi connectivity index (χ0v) is 11.1. The summed E-state index contributed by atoms with van der Waals surface area (Å²) in [4.78, 5) is 11.9. The Balaban J connectivity index is 1.83. The molecule has 0 atom stereocenters. The topological polar surface area (TPSA) is 72.9 Å². The van der Waals surface area contributed by atoms with E-state index < -0.39 is 0 Å². The van der Waals surface area contributed by atoms with Crippen molar-refractivity contribution in [2.75, 3.05) is 12.3 Å². The van der Waals surface area contributed by atoms with E-state index in [0.29, 0.717) is 22.8 Å². The molecule has 0 fully saturated rings. The maximum absolute atomic E-state index is 11.9. The molecule has 0 saturated carbocycles. The normalized spacial score (nSPS) is 10.4. The van der Waals surface area contributed by atoms with Gasteiger partial charge >= 0.3 is 0 Å². The number of anilines is 1. The van der Waals surface area contributed by atoms with Crippen LogP contribution in [0.1, 0.15) is 16.8 Å². The van der Waals surface area contributed by atoms with E-state index >= 15 is 0 Å². The lowest BCUT2D eigenvalue weighted by molar-refractivity contribution is 0.0953. The number of carbonyl (C=O) groups is 1. The SMILES string of the molecule is Nc1cccc(C(=O)NCCCn2cccn2)c1Cl. The van der Waals surface area contributed by atoms with E-state index in [1.54, 1.807) is 24.4 Å². The van der Waals surface area contributed by atoms with Crippen molar-refractivity contribution < 1.29 is 4.79 Å². The van der Waals surface area contributed by atoms with Crippen molar-refractivity contribution in [1.82, 2.24) is 15.1 Å². The van der Waals surface area contributed by atoms with Crippen LogP contribution in [0.3, 0.4) is 0 Å². The largest absolute Gasteiger partial charge is 0.398 e. The number of halogens is 1. The first kappa shape index (κ1) is 13.4. The summed E-state index contributed by atoms with van der Waals surface area (Å²) in [7, 11) is 0. The monoisotopic (exact) mass is 278 g/mol. The molecule has 2 aromatic rings. The highest BCUT2D eigenvalue weighted by molar-refractivity contribution is 6.36. The smallest absolute Gasteiger partial charge is 0.252 e. The predicted octanol–water partition coefficient (Wildman–Crippen LogP) is 1.94. The molecule has 100 valence electrons. The van der Waals surface area contributed by atoms with Gasteiger partial charge in [-0.05, 0) is 24.6 Å². The lowest BCUT2D eigenvalue weighted by Gasteiger charge is -2.08. The summed E-state index contributed by atoms with van der Waals surface area (Å²) >= 11 is 5.98. The Morgan fingerprint density at radius 3 is 3.00 bits per heavy atom. The lowest BCUT2D eigenvalue weighted by Crippen LogP contribution is -2.25. The van der Waals surface area contributed by atoms with Gasteiger partial charge in [-0.15, -0.1) is 0 Å². The van der Waals surface area contributed by atoms with Crippen LogP contribution in [-0.2, 0) is 6.54 Å². The highest BCUT2D eigenvalue weighted by Crippen LogP contribution is 2.22. The lowest BCUT2D eigenvalue weighted by atomic mass is 10.2. The van der Waals surface area contributed by atoms with Gasteiger partial charge in [-0.1, -0.05) is 17.7 Å². The number of nitrogens with two attached hydrogens (primary N) is 1. The van der Waals surface area contributed by atoms with Crippen LogP contribution in [0.15, 0.2) is 36.7 Å². The molecule has 0 spiro atoms. The molecule has 1 aromatic carbocycles. The van der Waals surface area contributed by atoms with Gasteiger partial charge in [0.05, 0.1) is 16.3 Å². The summed E-state index contributed by atoms with van der Waals surface area (Å²) in [5, 5.41) is 7.19. The molecule has 0 aliphatic heterocycles.